The summed E-state index contributed by atoms with van der Waals surface area (Å²) in [6.07, 6.45) is -6.01. The van der Waals surface area contributed by atoms with E-state index in [-0.39, 0.29) is 0 Å². The Morgan fingerprint density at radius 2 is 1.62 bits per heavy atom. The van der Waals surface area contributed by atoms with Gasteiger partial charge in [-0.25, -0.2) is 9.18 Å². The second-order valence-electron chi connectivity index (χ2n) is 1.90. The molecule has 0 aliphatic rings. The Morgan fingerprint density at radius 1 is 1.15 bits per heavy atom. The van der Waals surface area contributed by atoms with E-state index in [2.05, 4.69) is 4.74 Å². The number of halogens is 6. The Morgan fingerprint density at radius 3 is 1.92 bits per heavy atom. The third-order valence-electron chi connectivity index (χ3n) is 0.923. The molecular weight excluding hydrogens is 206 g/mol. The zero-order chi connectivity index (χ0) is 10.7. The summed E-state index contributed by atoms with van der Waals surface area (Å²) in [5.41, 5.74) is 0. The van der Waals surface area contributed by atoms with Crippen LogP contribution < -0.4 is 0 Å². The summed E-state index contributed by atoms with van der Waals surface area (Å²) in [5, 5.41) is 0. The molecule has 0 unspecified atom stereocenters. The SMILES string of the molecule is O=C(OCCF)C(F)(F)C(F)(F)F. The average molecular weight is 210 g/mol. The summed E-state index contributed by atoms with van der Waals surface area (Å²) < 4.78 is 72.5. The monoisotopic (exact) mass is 210 g/mol. The minimum absolute atomic E-state index is 1.12. The molecule has 0 saturated carbocycles. The van der Waals surface area contributed by atoms with Crippen LogP contribution in [0.5, 0.6) is 0 Å². The van der Waals surface area contributed by atoms with Gasteiger partial charge in [0.1, 0.15) is 13.3 Å². The van der Waals surface area contributed by atoms with Gasteiger partial charge in [-0.3, -0.25) is 0 Å². The molecule has 8 heteroatoms. The van der Waals surface area contributed by atoms with Crippen molar-refractivity contribution in [3.63, 3.8) is 0 Å². The molecule has 0 spiro atoms. The van der Waals surface area contributed by atoms with E-state index in [1.807, 2.05) is 0 Å². The number of alkyl halides is 6. The van der Waals surface area contributed by atoms with Gasteiger partial charge in [-0.1, -0.05) is 0 Å². The van der Waals surface area contributed by atoms with Crippen molar-refractivity contribution in [2.75, 3.05) is 13.3 Å². The molecule has 0 amide bonds. The van der Waals surface area contributed by atoms with Gasteiger partial charge < -0.3 is 4.74 Å². The van der Waals surface area contributed by atoms with Crippen LogP contribution in [0.15, 0.2) is 0 Å². The van der Waals surface area contributed by atoms with Gasteiger partial charge in [0.25, 0.3) is 0 Å². The Kier molecular flexibility index (Phi) is 3.56. The van der Waals surface area contributed by atoms with E-state index >= 15 is 0 Å². The normalized spacial score (nSPS) is 12.8. The molecule has 78 valence electrons. The van der Waals surface area contributed by atoms with Gasteiger partial charge in [0.15, 0.2) is 0 Å². The molecule has 0 saturated heterocycles. The smallest absolute Gasteiger partial charge is 0.458 e. The summed E-state index contributed by atoms with van der Waals surface area (Å²) in [5.74, 6) is -8.38. The third-order valence-corrected chi connectivity index (χ3v) is 0.923. The van der Waals surface area contributed by atoms with Crippen molar-refractivity contribution >= 4 is 5.97 Å². The molecule has 0 aliphatic carbocycles. The highest BCUT2D eigenvalue weighted by Gasteiger charge is 2.64. The summed E-state index contributed by atoms with van der Waals surface area (Å²) in [4.78, 5) is 10.0. The second kappa shape index (κ2) is 3.84. The fourth-order valence-electron chi connectivity index (χ4n) is 0.338. The van der Waals surface area contributed by atoms with Gasteiger partial charge in [-0.15, -0.1) is 0 Å². The molecular formula is C5H4F6O2. The highest BCUT2D eigenvalue weighted by atomic mass is 19.4. The van der Waals surface area contributed by atoms with E-state index in [0.29, 0.717) is 0 Å². The molecule has 0 fully saturated rings. The minimum Gasteiger partial charge on any atom is -0.458 e. The van der Waals surface area contributed by atoms with Gasteiger partial charge >= 0.3 is 18.1 Å². The molecule has 0 N–H and O–H groups in total. The Labute approximate surface area is 68.5 Å². The van der Waals surface area contributed by atoms with E-state index < -0.39 is 31.3 Å². The summed E-state index contributed by atoms with van der Waals surface area (Å²) in [6, 6.07) is 0. The van der Waals surface area contributed by atoms with Crippen molar-refractivity contribution in [1.82, 2.24) is 0 Å². The zero-order valence-corrected chi connectivity index (χ0v) is 6.00. The summed E-state index contributed by atoms with van der Waals surface area (Å²) in [7, 11) is 0. The zero-order valence-electron chi connectivity index (χ0n) is 6.00. The topological polar surface area (TPSA) is 26.3 Å². The quantitative estimate of drug-likeness (QED) is 0.523. The molecule has 0 aromatic carbocycles. The molecule has 0 rings (SSSR count). The minimum atomic E-state index is -6.01. The third kappa shape index (κ3) is 2.78. The fraction of sp³-hybridized carbons (Fsp3) is 0.800. The first-order chi connectivity index (χ1) is 5.73. The molecule has 0 aromatic rings. The molecule has 0 aromatic heterocycles. The van der Waals surface area contributed by atoms with E-state index in [0.717, 1.165) is 0 Å². The van der Waals surface area contributed by atoms with Crippen molar-refractivity contribution in [2.45, 2.75) is 12.1 Å². The standard InChI is InChI=1S/C5H4F6O2/c6-1-2-13-3(12)4(7,8)5(9,10)11/h1-2H2. The van der Waals surface area contributed by atoms with Crippen LogP contribution in [0.3, 0.4) is 0 Å². The maximum Gasteiger partial charge on any atom is 0.465 e. The first kappa shape index (κ1) is 12.0. The molecule has 0 heterocycles. The van der Waals surface area contributed by atoms with Gasteiger partial charge in [0.2, 0.25) is 0 Å². The summed E-state index contributed by atoms with van der Waals surface area (Å²) in [6.45, 7) is -2.44. The maximum absolute atomic E-state index is 11.9. The number of carbonyl (C=O) groups is 1. The lowest BCUT2D eigenvalue weighted by atomic mass is 10.3. The fourth-order valence-corrected chi connectivity index (χ4v) is 0.338. The number of ether oxygens (including phenoxy) is 1. The van der Waals surface area contributed by atoms with Crippen LogP contribution in [0.2, 0.25) is 0 Å². The molecule has 13 heavy (non-hydrogen) atoms. The van der Waals surface area contributed by atoms with E-state index in [9.17, 15) is 31.1 Å². The molecule has 0 radical (unpaired) electrons. The van der Waals surface area contributed by atoms with Crippen LogP contribution >= 0.6 is 0 Å². The lowest BCUT2D eigenvalue weighted by molar-refractivity contribution is -0.280. The van der Waals surface area contributed by atoms with Crippen molar-refractivity contribution in [3.8, 4) is 0 Å². The van der Waals surface area contributed by atoms with Crippen molar-refractivity contribution in [3.05, 3.63) is 0 Å². The van der Waals surface area contributed by atoms with Crippen molar-refractivity contribution < 1.29 is 35.9 Å². The Balaban J connectivity index is 4.37. The van der Waals surface area contributed by atoms with Crippen LogP contribution in [-0.4, -0.2) is 31.3 Å². The number of hydrogen-bond donors (Lipinski definition) is 0. The van der Waals surface area contributed by atoms with Crippen LogP contribution in [-0.2, 0) is 9.53 Å². The van der Waals surface area contributed by atoms with E-state index in [1.54, 1.807) is 0 Å². The van der Waals surface area contributed by atoms with Crippen LogP contribution in [0.4, 0.5) is 26.3 Å². The molecule has 0 aliphatic heterocycles. The lowest BCUT2D eigenvalue weighted by Crippen LogP contribution is -2.45. The first-order valence-electron chi connectivity index (χ1n) is 2.91. The highest BCUT2D eigenvalue weighted by molar-refractivity contribution is 5.78. The second-order valence-corrected chi connectivity index (χ2v) is 1.90. The number of carbonyl (C=O) groups excluding carboxylic acids is 1. The van der Waals surface area contributed by atoms with Crippen LogP contribution in [0.1, 0.15) is 0 Å². The van der Waals surface area contributed by atoms with Crippen molar-refractivity contribution in [2.24, 2.45) is 0 Å². The highest BCUT2D eigenvalue weighted by Crippen LogP contribution is 2.36. The van der Waals surface area contributed by atoms with Crippen LogP contribution in [0.25, 0.3) is 0 Å². The number of rotatable bonds is 3. The molecule has 0 bridgehead atoms. The average Bonchev–Trinajstić information content (AvgIpc) is 1.97. The van der Waals surface area contributed by atoms with Gasteiger partial charge in [-0.2, -0.15) is 22.0 Å². The predicted octanol–water partition coefficient (Wildman–Crippen LogP) is 1.70. The van der Waals surface area contributed by atoms with Crippen LogP contribution in [0, 0.1) is 0 Å². The Bertz CT molecular complexity index is 186. The first-order valence-corrected chi connectivity index (χ1v) is 2.91. The number of esters is 1. The van der Waals surface area contributed by atoms with Gasteiger partial charge in [0, 0.05) is 0 Å². The predicted molar refractivity (Wildman–Crippen MR) is 27.9 cm³/mol. The van der Waals surface area contributed by atoms with E-state index in [4.69, 9.17) is 0 Å². The molecule has 2 nitrogen and oxygen atoms in total. The number of hydrogen-bond acceptors (Lipinski definition) is 2. The summed E-state index contributed by atoms with van der Waals surface area (Å²) >= 11 is 0. The van der Waals surface area contributed by atoms with Crippen molar-refractivity contribution in [1.29, 1.82) is 0 Å². The lowest BCUT2D eigenvalue weighted by Gasteiger charge is -2.17. The van der Waals surface area contributed by atoms with Gasteiger partial charge in [-0.05, 0) is 0 Å². The molecule has 0 atom stereocenters. The Hall–Kier alpha value is -0.950. The maximum atomic E-state index is 11.9. The van der Waals surface area contributed by atoms with Gasteiger partial charge in [0.05, 0.1) is 0 Å². The largest absolute Gasteiger partial charge is 0.465 e. The van der Waals surface area contributed by atoms with E-state index in [1.165, 1.54) is 0 Å².